The first-order chi connectivity index (χ1) is 15.9. The van der Waals surface area contributed by atoms with Gasteiger partial charge >= 0.3 is 0 Å². The van der Waals surface area contributed by atoms with E-state index in [2.05, 4.69) is 9.71 Å². The number of nitrogens with one attached hydrogen (secondary N) is 1. The number of ether oxygens (including phenoxy) is 1. The summed E-state index contributed by atoms with van der Waals surface area (Å²) in [5.74, 6) is -0.600. The van der Waals surface area contributed by atoms with E-state index in [0.29, 0.717) is 37.2 Å². The SMILES string of the molecule is N#Cc1ccc(OC2CCCN(C(=O)c3ccc(S(=O)(=O)Nc4nccs4)cc3)C2)cc1F. The lowest BCUT2D eigenvalue weighted by molar-refractivity contribution is 0.0537. The Morgan fingerprint density at radius 3 is 2.73 bits per heavy atom. The number of thiazole rings is 1. The lowest BCUT2D eigenvalue weighted by atomic mass is 10.1. The number of halogens is 1. The zero-order chi connectivity index (χ0) is 23.4. The molecule has 0 bridgehead atoms. The van der Waals surface area contributed by atoms with E-state index in [1.54, 1.807) is 16.3 Å². The first-order valence-corrected chi connectivity index (χ1v) is 12.4. The van der Waals surface area contributed by atoms with Crippen molar-refractivity contribution in [2.45, 2.75) is 23.8 Å². The highest BCUT2D eigenvalue weighted by molar-refractivity contribution is 7.93. The molecule has 0 radical (unpaired) electrons. The molecule has 1 fully saturated rings. The number of hydrogen-bond donors (Lipinski definition) is 1. The number of piperidine rings is 1. The number of aromatic nitrogens is 1. The third kappa shape index (κ3) is 5.30. The number of sulfonamides is 1. The van der Waals surface area contributed by atoms with E-state index in [1.807, 2.05) is 0 Å². The van der Waals surface area contributed by atoms with E-state index in [0.717, 1.165) is 6.07 Å². The quantitative estimate of drug-likeness (QED) is 0.569. The van der Waals surface area contributed by atoms with Crippen LogP contribution in [0, 0.1) is 17.1 Å². The van der Waals surface area contributed by atoms with Crippen LogP contribution in [-0.2, 0) is 10.0 Å². The molecule has 170 valence electrons. The van der Waals surface area contributed by atoms with E-state index in [-0.39, 0.29) is 27.6 Å². The Bertz CT molecular complexity index is 1290. The minimum absolute atomic E-state index is 0.0250. The third-order valence-corrected chi connectivity index (χ3v) is 7.27. The molecule has 1 aromatic heterocycles. The van der Waals surface area contributed by atoms with Crippen molar-refractivity contribution in [2.75, 3.05) is 17.8 Å². The van der Waals surface area contributed by atoms with Gasteiger partial charge in [-0.2, -0.15) is 5.26 Å². The van der Waals surface area contributed by atoms with Gasteiger partial charge in [-0.05, 0) is 49.2 Å². The maximum atomic E-state index is 13.8. The number of hydrogen-bond acceptors (Lipinski definition) is 7. The number of anilines is 1. The molecule has 0 saturated carbocycles. The maximum absolute atomic E-state index is 13.8. The van der Waals surface area contributed by atoms with Gasteiger partial charge in [-0.25, -0.2) is 17.8 Å². The highest BCUT2D eigenvalue weighted by Crippen LogP contribution is 2.23. The van der Waals surface area contributed by atoms with Crippen LogP contribution in [0.1, 0.15) is 28.8 Å². The summed E-state index contributed by atoms with van der Waals surface area (Å²) in [7, 11) is -3.80. The van der Waals surface area contributed by atoms with Gasteiger partial charge in [-0.15, -0.1) is 11.3 Å². The number of amides is 1. The fourth-order valence-corrected chi connectivity index (χ4v) is 5.27. The second-order valence-corrected chi connectivity index (χ2v) is 9.93. The van der Waals surface area contributed by atoms with Gasteiger partial charge in [0.15, 0.2) is 5.13 Å². The fraction of sp³-hybridized carbons (Fsp3) is 0.227. The van der Waals surface area contributed by atoms with E-state index >= 15 is 0 Å². The van der Waals surface area contributed by atoms with Crippen LogP contribution in [-0.4, -0.2) is 43.4 Å². The summed E-state index contributed by atoms with van der Waals surface area (Å²) >= 11 is 1.17. The number of nitriles is 1. The minimum atomic E-state index is -3.80. The number of likely N-dealkylation sites (tertiary alicyclic amines) is 1. The summed E-state index contributed by atoms with van der Waals surface area (Å²) in [6.07, 6.45) is 2.58. The highest BCUT2D eigenvalue weighted by Gasteiger charge is 2.26. The van der Waals surface area contributed by atoms with Crippen molar-refractivity contribution in [3.63, 3.8) is 0 Å². The zero-order valence-corrected chi connectivity index (χ0v) is 18.9. The summed E-state index contributed by atoms with van der Waals surface area (Å²) in [6.45, 7) is 0.845. The molecule has 1 amide bonds. The van der Waals surface area contributed by atoms with Gasteiger partial charge in [0.05, 0.1) is 17.0 Å². The Balaban J connectivity index is 1.41. The lowest BCUT2D eigenvalue weighted by Crippen LogP contribution is -2.44. The minimum Gasteiger partial charge on any atom is -0.488 e. The molecule has 1 saturated heterocycles. The zero-order valence-electron chi connectivity index (χ0n) is 17.3. The molecule has 1 aliphatic rings. The van der Waals surface area contributed by atoms with Gasteiger partial charge in [0.25, 0.3) is 15.9 Å². The molecule has 33 heavy (non-hydrogen) atoms. The van der Waals surface area contributed by atoms with Gasteiger partial charge < -0.3 is 9.64 Å². The number of carbonyl (C=O) groups excluding carboxylic acids is 1. The van der Waals surface area contributed by atoms with Crippen LogP contribution in [0.5, 0.6) is 5.75 Å². The molecule has 2 heterocycles. The second-order valence-electron chi connectivity index (χ2n) is 7.35. The van der Waals surface area contributed by atoms with Crippen LogP contribution >= 0.6 is 11.3 Å². The first kappa shape index (κ1) is 22.7. The van der Waals surface area contributed by atoms with Gasteiger partial charge in [0.2, 0.25) is 0 Å². The Morgan fingerprint density at radius 1 is 1.27 bits per heavy atom. The van der Waals surface area contributed by atoms with E-state index in [9.17, 15) is 17.6 Å². The number of nitrogens with zero attached hydrogens (tertiary/aromatic N) is 3. The summed E-state index contributed by atoms with van der Waals surface area (Å²) in [5.41, 5.74) is 0.295. The largest absolute Gasteiger partial charge is 0.488 e. The monoisotopic (exact) mass is 486 g/mol. The molecule has 8 nitrogen and oxygen atoms in total. The average Bonchev–Trinajstić information content (AvgIpc) is 3.31. The molecular weight excluding hydrogens is 467 g/mol. The van der Waals surface area contributed by atoms with Crippen molar-refractivity contribution < 1.29 is 22.3 Å². The van der Waals surface area contributed by atoms with Crippen molar-refractivity contribution in [2.24, 2.45) is 0 Å². The maximum Gasteiger partial charge on any atom is 0.263 e. The van der Waals surface area contributed by atoms with Crippen LogP contribution < -0.4 is 9.46 Å². The normalized spacial score (nSPS) is 16.1. The van der Waals surface area contributed by atoms with E-state index < -0.39 is 15.8 Å². The van der Waals surface area contributed by atoms with E-state index in [4.69, 9.17) is 10.00 Å². The number of benzene rings is 2. The second kappa shape index (κ2) is 9.56. The van der Waals surface area contributed by atoms with Crippen LogP contribution in [0.2, 0.25) is 0 Å². The van der Waals surface area contributed by atoms with Crippen LogP contribution in [0.15, 0.2) is 58.9 Å². The lowest BCUT2D eigenvalue weighted by Gasteiger charge is -2.33. The van der Waals surface area contributed by atoms with Gasteiger partial charge in [0.1, 0.15) is 23.7 Å². The molecule has 0 aliphatic carbocycles. The summed E-state index contributed by atoms with van der Waals surface area (Å²) < 4.78 is 47.0. The fourth-order valence-electron chi connectivity index (χ4n) is 3.48. The molecule has 3 aromatic rings. The summed E-state index contributed by atoms with van der Waals surface area (Å²) in [6, 6.07) is 11.5. The number of rotatable bonds is 6. The van der Waals surface area contributed by atoms with Gasteiger partial charge in [-0.3, -0.25) is 9.52 Å². The predicted octanol–water partition coefficient (Wildman–Crippen LogP) is 3.64. The van der Waals surface area contributed by atoms with Gasteiger partial charge in [-0.1, -0.05) is 0 Å². The Hall–Kier alpha value is -3.49. The number of carbonyl (C=O) groups is 1. The third-order valence-electron chi connectivity index (χ3n) is 5.09. The molecule has 1 N–H and O–H groups in total. The highest BCUT2D eigenvalue weighted by atomic mass is 32.2. The van der Waals surface area contributed by atoms with Crippen LogP contribution in [0.25, 0.3) is 0 Å². The molecule has 1 unspecified atom stereocenters. The molecule has 0 spiro atoms. The average molecular weight is 487 g/mol. The van der Waals surface area contributed by atoms with Crippen molar-refractivity contribution >= 4 is 32.4 Å². The smallest absolute Gasteiger partial charge is 0.263 e. The Kier molecular flexibility index (Phi) is 6.57. The predicted molar refractivity (Wildman–Crippen MR) is 120 cm³/mol. The first-order valence-electron chi connectivity index (χ1n) is 10.0. The van der Waals surface area contributed by atoms with Gasteiger partial charge in [0, 0.05) is 29.8 Å². The van der Waals surface area contributed by atoms with E-state index in [1.165, 1.54) is 53.9 Å². The standard InChI is InChI=1S/C22H19FN4O4S2/c23-20-12-17(6-3-16(20)13-24)31-18-2-1-10-27(14-18)21(28)15-4-7-19(8-5-15)33(29,30)26-22-25-9-11-32-22/h3-9,11-12,18H,1-2,10,14H2,(H,25,26). The van der Waals surface area contributed by atoms with Crippen molar-refractivity contribution in [1.29, 1.82) is 5.26 Å². The van der Waals surface area contributed by atoms with Crippen LogP contribution in [0.4, 0.5) is 9.52 Å². The molecular formula is C22H19FN4O4S2. The van der Waals surface area contributed by atoms with Crippen molar-refractivity contribution in [3.8, 4) is 11.8 Å². The topological polar surface area (TPSA) is 112 Å². The summed E-state index contributed by atoms with van der Waals surface area (Å²) in [4.78, 5) is 18.5. The Labute approximate surface area is 194 Å². The van der Waals surface area contributed by atoms with Crippen molar-refractivity contribution in [1.82, 2.24) is 9.88 Å². The Morgan fingerprint density at radius 2 is 2.06 bits per heavy atom. The molecule has 4 rings (SSSR count). The van der Waals surface area contributed by atoms with Crippen molar-refractivity contribution in [3.05, 3.63) is 71.0 Å². The summed E-state index contributed by atoms with van der Waals surface area (Å²) in [5, 5.41) is 10.8. The van der Waals surface area contributed by atoms with Crippen LogP contribution in [0.3, 0.4) is 0 Å². The molecule has 1 atom stereocenters. The molecule has 2 aromatic carbocycles. The molecule has 11 heteroatoms. The molecule has 1 aliphatic heterocycles.